The molecule has 0 aromatic heterocycles. The predicted molar refractivity (Wildman–Crippen MR) is 77.6 cm³/mol. The van der Waals surface area contributed by atoms with E-state index in [2.05, 4.69) is 21.2 Å². The maximum absolute atomic E-state index is 13.3. The lowest BCUT2D eigenvalue weighted by atomic mass is 10.1. The number of anilines is 2. The van der Waals surface area contributed by atoms with Gasteiger partial charge in [0.25, 0.3) is 5.91 Å². The minimum Gasteiger partial charge on any atom is -0.398 e. The average molecular weight is 323 g/mol. The number of carbonyl (C=O) groups is 1. The molecule has 0 radical (unpaired) electrons. The number of hydrogen-bond acceptors (Lipinski definition) is 2. The lowest BCUT2D eigenvalue weighted by Crippen LogP contribution is -2.12. The van der Waals surface area contributed by atoms with Crippen molar-refractivity contribution >= 4 is 33.2 Å². The third-order valence-electron chi connectivity index (χ3n) is 2.72. The second kappa shape index (κ2) is 5.40. The zero-order chi connectivity index (χ0) is 14.0. The van der Waals surface area contributed by atoms with Crippen LogP contribution in [0.2, 0.25) is 0 Å². The monoisotopic (exact) mass is 322 g/mol. The van der Waals surface area contributed by atoms with E-state index in [-0.39, 0.29) is 5.91 Å². The highest BCUT2D eigenvalue weighted by Crippen LogP contribution is 2.20. The van der Waals surface area contributed by atoms with Crippen LogP contribution in [0.1, 0.15) is 15.9 Å². The van der Waals surface area contributed by atoms with E-state index in [0.717, 1.165) is 5.56 Å². The van der Waals surface area contributed by atoms with Crippen molar-refractivity contribution in [1.29, 1.82) is 0 Å². The zero-order valence-electron chi connectivity index (χ0n) is 10.2. The Balaban J connectivity index is 2.20. The Kier molecular flexibility index (Phi) is 3.85. The van der Waals surface area contributed by atoms with Crippen molar-refractivity contribution < 1.29 is 9.18 Å². The van der Waals surface area contributed by atoms with Gasteiger partial charge >= 0.3 is 0 Å². The molecule has 0 aliphatic carbocycles. The number of nitrogens with two attached hydrogens (primary N) is 1. The average Bonchev–Trinajstić information content (AvgIpc) is 2.37. The summed E-state index contributed by atoms with van der Waals surface area (Å²) >= 11 is 3.05. The minimum atomic E-state index is -0.429. The molecule has 5 heteroatoms. The van der Waals surface area contributed by atoms with Gasteiger partial charge in [0.1, 0.15) is 5.82 Å². The summed E-state index contributed by atoms with van der Waals surface area (Å²) in [7, 11) is 0. The number of aryl methyl sites for hydroxylation is 1. The standard InChI is InChI=1S/C14H12BrFN2O/c1-8-2-3-9(6-13(8)17)14(19)18-10-4-5-11(15)12(16)7-10/h2-7H,17H2,1H3,(H,18,19). The molecule has 0 heterocycles. The van der Waals surface area contributed by atoms with Crippen LogP contribution in [0, 0.1) is 12.7 Å². The molecule has 0 unspecified atom stereocenters. The summed E-state index contributed by atoms with van der Waals surface area (Å²) in [5, 5.41) is 2.62. The van der Waals surface area contributed by atoms with Gasteiger partial charge in [-0.1, -0.05) is 6.07 Å². The van der Waals surface area contributed by atoms with Crippen LogP contribution in [0.25, 0.3) is 0 Å². The van der Waals surface area contributed by atoms with Crippen molar-refractivity contribution in [3.63, 3.8) is 0 Å². The number of amides is 1. The summed E-state index contributed by atoms with van der Waals surface area (Å²) in [4.78, 5) is 12.0. The normalized spacial score (nSPS) is 10.3. The van der Waals surface area contributed by atoms with E-state index in [4.69, 9.17) is 5.73 Å². The van der Waals surface area contributed by atoms with Crippen LogP contribution in [0.15, 0.2) is 40.9 Å². The van der Waals surface area contributed by atoms with Gasteiger partial charge in [-0.3, -0.25) is 4.79 Å². The fourth-order valence-electron chi connectivity index (χ4n) is 1.56. The minimum absolute atomic E-state index is 0.326. The van der Waals surface area contributed by atoms with Gasteiger partial charge in [-0.25, -0.2) is 4.39 Å². The van der Waals surface area contributed by atoms with Crippen molar-refractivity contribution in [1.82, 2.24) is 0 Å². The van der Waals surface area contributed by atoms with Gasteiger partial charge in [-0.15, -0.1) is 0 Å². The van der Waals surface area contributed by atoms with Gasteiger partial charge in [-0.2, -0.15) is 0 Å². The number of halogens is 2. The quantitative estimate of drug-likeness (QED) is 0.828. The number of hydrogen-bond donors (Lipinski definition) is 2. The molecular weight excluding hydrogens is 311 g/mol. The van der Waals surface area contributed by atoms with E-state index in [9.17, 15) is 9.18 Å². The van der Waals surface area contributed by atoms with Gasteiger partial charge in [-0.05, 0) is 58.7 Å². The van der Waals surface area contributed by atoms with Crippen molar-refractivity contribution in [2.75, 3.05) is 11.1 Å². The molecule has 1 amide bonds. The fourth-order valence-corrected chi connectivity index (χ4v) is 1.81. The lowest BCUT2D eigenvalue weighted by Gasteiger charge is -2.07. The first-order chi connectivity index (χ1) is 8.97. The topological polar surface area (TPSA) is 55.1 Å². The van der Waals surface area contributed by atoms with Crippen molar-refractivity contribution in [3.8, 4) is 0 Å². The van der Waals surface area contributed by atoms with Crippen molar-refractivity contribution in [3.05, 3.63) is 57.8 Å². The van der Waals surface area contributed by atoms with Gasteiger partial charge in [0.2, 0.25) is 0 Å². The van der Waals surface area contributed by atoms with Gasteiger partial charge in [0.15, 0.2) is 0 Å². The van der Waals surface area contributed by atoms with E-state index in [1.807, 2.05) is 6.92 Å². The van der Waals surface area contributed by atoms with E-state index in [1.54, 1.807) is 24.3 Å². The van der Waals surface area contributed by atoms with Gasteiger partial charge in [0, 0.05) is 16.9 Å². The summed E-state index contributed by atoms with van der Waals surface area (Å²) in [6.07, 6.45) is 0. The SMILES string of the molecule is Cc1ccc(C(=O)Nc2ccc(Br)c(F)c2)cc1N. The molecule has 2 aromatic rings. The molecule has 3 N–H and O–H groups in total. The van der Waals surface area contributed by atoms with E-state index < -0.39 is 5.82 Å². The van der Waals surface area contributed by atoms with Crippen LogP contribution in [-0.4, -0.2) is 5.91 Å². The number of rotatable bonds is 2. The number of benzene rings is 2. The first kappa shape index (κ1) is 13.5. The maximum Gasteiger partial charge on any atom is 0.255 e. The van der Waals surface area contributed by atoms with Crippen LogP contribution in [0.3, 0.4) is 0 Å². The molecule has 0 atom stereocenters. The summed E-state index contributed by atoms with van der Waals surface area (Å²) in [5.41, 5.74) is 8.04. The Hall–Kier alpha value is -1.88. The summed E-state index contributed by atoms with van der Waals surface area (Å²) in [6, 6.07) is 9.44. The zero-order valence-corrected chi connectivity index (χ0v) is 11.8. The Labute approximate surface area is 118 Å². The van der Waals surface area contributed by atoms with Crippen molar-refractivity contribution in [2.45, 2.75) is 6.92 Å². The molecule has 0 spiro atoms. The second-order valence-electron chi connectivity index (χ2n) is 4.15. The van der Waals surface area contributed by atoms with Crippen molar-refractivity contribution in [2.24, 2.45) is 0 Å². The Morgan fingerprint density at radius 1 is 1.26 bits per heavy atom. The molecule has 2 rings (SSSR count). The highest BCUT2D eigenvalue weighted by Gasteiger charge is 2.08. The van der Waals surface area contributed by atoms with Crippen LogP contribution < -0.4 is 11.1 Å². The molecule has 0 saturated carbocycles. The van der Waals surface area contributed by atoms with Gasteiger partial charge < -0.3 is 11.1 Å². The summed E-state index contributed by atoms with van der Waals surface area (Å²) < 4.78 is 13.7. The Morgan fingerprint density at radius 2 is 2.00 bits per heavy atom. The maximum atomic E-state index is 13.3. The largest absolute Gasteiger partial charge is 0.398 e. The van der Waals surface area contributed by atoms with E-state index in [0.29, 0.717) is 21.4 Å². The van der Waals surface area contributed by atoms with Crippen LogP contribution >= 0.6 is 15.9 Å². The first-order valence-electron chi connectivity index (χ1n) is 5.60. The smallest absolute Gasteiger partial charge is 0.255 e. The predicted octanol–water partition coefficient (Wildman–Crippen LogP) is 3.73. The number of nitrogens with one attached hydrogen (secondary N) is 1. The third kappa shape index (κ3) is 3.12. The number of carbonyl (C=O) groups excluding carboxylic acids is 1. The van der Waals surface area contributed by atoms with Crippen LogP contribution in [-0.2, 0) is 0 Å². The highest BCUT2D eigenvalue weighted by molar-refractivity contribution is 9.10. The molecule has 0 bridgehead atoms. The first-order valence-corrected chi connectivity index (χ1v) is 6.39. The number of nitrogen functional groups attached to an aromatic ring is 1. The molecule has 19 heavy (non-hydrogen) atoms. The molecular formula is C14H12BrFN2O. The molecule has 3 nitrogen and oxygen atoms in total. The molecule has 0 saturated heterocycles. The summed E-state index contributed by atoms with van der Waals surface area (Å²) in [6.45, 7) is 1.86. The van der Waals surface area contributed by atoms with Crippen LogP contribution in [0.4, 0.5) is 15.8 Å². The lowest BCUT2D eigenvalue weighted by molar-refractivity contribution is 0.102. The molecule has 98 valence electrons. The van der Waals surface area contributed by atoms with E-state index >= 15 is 0 Å². The van der Waals surface area contributed by atoms with Crippen LogP contribution in [0.5, 0.6) is 0 Å². The van der Waals surface area contributed by atoms with E-state index in [1.165, 1.54) is 12.1 Å². The Bertz CT molecular complexity index is 643. The molecule has 0 aliphatic heterocycles. The summed E-state index contributed by atoms with van der Waals surface area (Å²) in [5.74, 6) is -0.755. The molecule has 0 aliphatic rings. The second-order valence-corrected chi connectivity index (χ2v) is 5.01. The Morgan fingerprint density at radius 3 is 2.63 bits per heavy atom. The molecule has 2 aromatic carbocycles. The third-order valence-corrected chi connectivity index (χ3v) is 3.36. The molecule has 0 fully saturated rings. The fraction of sp³-hybridized carbons (Fsp3) is 0.0714. The highest BCUT2D eigenvalue weighted by atomic mass is 79.9. The van der Waals surface area contributed by atoms with Gasteiger partial charge in [0.05, 0.1) is 4.47 Å².